The van der Waals surface area contributed by atoms with Gasteiger partial charge in [-0.15, -0.1) is 0 Å². The van der Waals surface area contributed by atoms with Crippen molar-refractivity contribution in [2.45, 2.75) is 92.0 Å². The number of benzene rings is 1. The minimum absolute atomic E-state index is 0.000776. The number of nitrogens with one attached hydrogen (secondary N) is 1. The van der Waals surface area contributed by atoms with Gasteiger partial charge >= 0.3 is 0 Å². The number of amides is 2. The van der Waals surface area contributed by atoms with Gasteiger partial charge in [0, 0.05) is 48.7 Å². The number of anilines is 1. The molecular weight excluding hydrogens is 460 g/mol. The summed E-state index contributed by atoms with van der Waals surface area (Å²) in [5.41, 5.74) is 4.02. The number of hydrogen-bond acceptors (Lipinski definition) is 4. The quantitative estimate of drug-likeness (QED) is 0.293. The molecule has 3 aliphatic rings. The van der Waals surface area contributed by atoms with Gasteiger partial charge in [-0.1, -0.05) is 51.5 Å². The molecule has 1 saturated heterocycles. The Morgan fingerprint density at radius 3 is 2.35 bits per heavy atom. The lowest BCUT2D eigenvalue weighted by Crippen LogP contribution is -2.53. The van der Waals surface area contributed by atoms with E-state index in [1.165, 1.54) is 0 Å². The lowest BCUT2D eigenvalue weighted by molar-refractivity contribution is -0.132. The van der Waals surface area contributed by atoms with Gasteiger partial charge in [0.05, 0.1) is 5.41 Å². The highest BCUT2D eigenvalue weighted by molar-refractivity contribution is 6.09. The van der Waals surface area contributed by atoms with Gasteiger partial charge < -0.3 is 15.1 Å². The number of rotatable bonds is 6. The predicted octanol–water partition coefficient (Wildman–Crippen LogP) is 5.99. The van der Waals surface area contributed by atoms with Crippen molar-refractivity contribution in [2.75, 3.05) is 25.0 Å². The average Bonchev–Trinajstić information content (AvgIpc) is 3.58. The fourth-order valence-corrected chi connectivity index (χ4v) is 5.67. The number of likely N-dealkylation sites (tertiary alicyclic amines) is 1. The van der Waals surface area contributed by atoms with Crippen LogP contribution in [-0.2, 0) is 15.0 Å². The Balaban J connectivity index is 0.00000186. The van der Waals surface area contributed by atoms with Crippen molar-refractivity contribution in [3.05, 3.63) is 52.4 Å². The van der Waals surface area contributed by atoms with E-state index in [2.05, 4.69) is 32.2 Å². The monoisotopic (exact) mass is 506 g/mol. The first-order valence-electron chi connectivity index (χ1n) is 13.9. The van der Waals surface area contributed by atoms with Crippen LogP contribution in [0.4, 0.5) is 5.69 Å². The highest BCUT2D eigenvalue weighted by Gasteiger charge is 2.52. The SMILES string of the molecule is C/C=N\C(NC1(C)CC1)=C(\C(C(=O)N1CCCC2(C1)C(=O)N(C)c1ccccc12)=C(C)C)C(C)C.CC. The molecule has 37 heavy (non-hydrogen) atoms. The summed E-state index contributed by atoms with van der Waals surface area (Å²) in [4.78, 5) is 36.2. The zero-order valence-electron chi connectivity index (χ0n) is 24.4. The van der Waals surface area contributed by atoms with Crippen LogP contribution in [0, 0.1) is 5.92 Å². The van der Waals surface area contributed by atoms with E-state index in [0.29, 0.717) is 13.1 Å². The van der Waals surface area contributed by atoms with Crippen LogP contribution in [0.1, 0.15) is 86.6 Å². The van der Waals surface area contributed by atoms with Crippen molar-refractivity contribution >= 4 is 23.7 Å². The zero-order valence-corrected chi connectivity index (χ0v) is 24.4. The highest BCUT2D eigenvalue weighted by Crippen LogP contribution is 2.46. The van der Waals surface area contributed by atoms with Gasteiger partial charge in [-0.05, 0) is 70.9 Å². The Morgan fingerprint density at radius 2 is 1.78 bits per heavy atom. The van der Waals surface area contributed by atoms with Crippen LogP contribution in [-0.4, -0.2) is 48.6 Å². The van der Waals surface area contributed by atoms with E-state index in [-0.39, 0.29) is 23.3 Å². The molecule has 0 radical (unpaired) electrons. The molecule has 6 heteroatoms. The normalized spacial score (nSPS) is 22.5. The smallest absolute Gasteiger partial charge is 0.254 e. The molecule has 1 aliphatic carbocycles. The van der Waals surface area contributed by atoms with E-state index < -0.39 is 5.41 Å². The average molecular weight is 507 g/mol. The first-order valence-corrected chi connectivity index (χ1v) is 13.9. The van der Waals surface area contributed by atoms with Crippen LogP contribution in [0.25, 0.3) is 0 Å². The summed E-state index contributed by atoms with van der Waals surface area (Å²) in [6, 6.07) is 8.02. The number of allylic oxidation sites excluding steroid dienone is 1. The third kappa shape index (κ3) is 5.39. The summed E-state index contributed by atoms with van der Waals surface area (Å²) in [7, 11) is 1.84. The summed E-state index contributed by atoms with van der Waals surface area (Å²) < 4.78 is 0. The van der Waals surface area contributed by atoms with E-state index in [9.17, 15) is 9.59 Å². The van der Waals surface area contributed by atoms with Crippen molar-refractivity contribution in [1.29, 1.82) is 0 Å². The fraction of sp³-hybridized carbons (Fsp3) is 0.581. The van der Waals surface area contributed by atoms with Gasteiger partial charge in [-0.25, -0.2) is 4.99 Å². The van der Waals surface area contributed by atoms with Gasteiger partial charge in [0.1, 0.15) is 5.82 Å². The summed E-state index contributed by atoms with van der Waals surface area (Å²) in [5, 5.41) is 3.63. The first kappa shape index (κ1) is 28.7. The number of hydrogen-bond donors (Lipinski definition) is 1. The van der Waals surface area contributed by atoms with Crippen LogP contribution < -0.4 is 10.2 Å². The van der Waals surface area contributed by atoms with Gasteiger partial charge in [0.2, 0.25) is 5.91 Å². The van der Waals surface area contributed by atoms with Crippen molar-refractivity contribution in [3.8, 4) is 0 Å². The molecule has 1 saturated carbocycles. The van der Waals surface area contributed by atoms with Crippen LogP contribution in [0.15, 0.2) is 51.8 Å². The summed E-state index contributed by atoms with van der Waals surface area (Å²) in [6.07, 6.45) is 5.56. The maximum atomic E-state index is 14.2. The summed E-state index contributed by atoms with van der Waals surface area (Å²) in [5.74, 6) is 0.991. The Kier molecular flexibility index (Phi) is 8.71. The second kappa shape index (κ2) is 11.2. The van der Waals surface area contributed by atoms with E-state index in [0.717, 1.165) is 59.5 Å². The Hall–Kier alpha value is -2.89. The van der Waals surface area contributed by atoms with Crippen molar-refractivity contribution in [2.24, 2.45) is 10.9 Å². The highest BCUT2D eigenvalue weighted by atomic mass is 16.2. The van der Waals surface area contributed by atoms with E-state index in [1.807, 2.05) is 64.8 Å². The minimum atomic E-state index is -0.669. The van der Waals surface area contributed by atoms with Crippen molar-refractivity contribution < 1.29 is 9.59 Å². The molecule has 0 bridgehead atoms. The second-order valence-electron chi connectivity index (χ2n) is 11.2. The summed E-state index contributed by atoms with van der Waals surface area (Å²) >= 11 is 0. The molecule has 1 aromatic rings. The van der Waals surface area contributed by atoms with E-state index in [4.69, 9.17) is 4.99 Å². The van der Waals surface area contributed by atoms with E-state index in [1.54, 1.807) is 11.1 Å². The second-order valence-corrected chi connectivity index (χ2v) is 11.2. The fourth-order valence-electron chi connectivity index (χ4n) is 5.67. The van der Waals surface area contributed by atoms with Gasteiger partial charge in [-0.3, -0.25) is 9.59 Å². The van der Waals surface area contributed by atoms with Crippen LogP contribution in [0.3, 0.4) is 0 Å². The topological polar surface area (TPSA) is 65.0 Å². The molecular formula is C31H46N4O2. The van der Waals surface area contributed by atoms with E-state index >= 15 is 0 Å². The molecule has 4 rings (SSSR count). The lowest BCUT2D eigenvalue weighted by atomic mass is 9.74. The molecule has 1 N–H and O–H groups in total. The first-order chi connectivity index (χ1) is 17.5. The largest absolute Gasteiger partial charge is 0.365 e. The molecule has 2 aliphatic heterocycles. The van der Waals surface area contributed by atoms with Crippen molar-refractivity contribution in [1.82, 2.24) is 10.2 Å². The number of fused-ring (bicyclic) bond motifs is 2. The summed E-state index contributed by atoms with van der Waals surface area (Å²) in [6.45, 7) is 17.4. The zero-order chi connectivity index (χ0) is 27.5. The van der Waals surface area contributed by atoms with Crippen molar-refractivity contribution in [3.63, 3.8) is 0 Å². The molecule has 2 heterocycles. The molecule has 0 aromatic heterocycles. The number of nitrogens with zero attached hydrogens (tertiary/aromatic N) is 3. The van der Waals surface area contributed by atoms with Gasteiger partial charge in [0.25, 0.3) is 5.91 Å². The predicted molar refractivity (Wildman–Crippen MR) is 154 cm³/mol. The number of para-hydroxylation sites is 1. The molecule has 1 aromatic carbocycles. The minimum Gasteiger partial charge on any atom is -0.365 e. The molecule has 2 fully saturated rings. The number of carbonyl (C=O) groups is 2. The third-order valence-electron chi connectivity index (χ3n) is 7.77. The maximum absolute atomic E-state index is 14.2. The van der Waals surface area contributed by atoms with Crippen LogP contribution in [0.2, 0.25) is 0 Å². The maximum Gasteiger partial charge on any atom is 0.254 e. The molecule has 1 spiro atoms. The lowest BCUT2D eigenvalue weighted by Gasteiger charge is -2.40. The molecule has 1 unspecified atom stereocenters. The molecule has 6 nitrogen and oxygen atoms in total. The molecule has 2 amide bonds. The third-order valence-corrected chi connectivity index (χ3v) is 7.77. The van der Waals surface area contributed by atoms with Crippen LogP contribution >= 0.6 is 0 Å². The number of aliphatic imine (C=N–C) groups is 1. The molecule has 1 atom stereocenters. The van der Waals surface area contributed by atoms with Gasteiger partial charge in [0.15, 0.2) is 0 Å². The molecule has 202 valence electrons. The van der Waals surface area contributed by atoms with Gasteiger partial charge in [-0.2, -0.15) is 0 Å². The number of likely N-dealkylation sites (N-methyl/N-ethyl adjacent to an activating group) is 1. The Bertz CT molecular complexity index is 1120. The number of carbonyl (C=O) groups excluding carboxylic acids is 2. The number of piperidine rings is 1. The van der Waals surface area contributed by atoms with Crippen LogP contribution in [0.5, 0.6) is 0 Å². The standard InChI is InChI=1S/C29H40N4O2.C2H6/c1-8-30-25(31-28(6)15-16-28)23(19(2)3)24(20(4)5)26(34)33-17-11-14-29(18-33)21-12-9-10-13-22(21)32(7)27(29)35;1-2/h8-10,12-13,19,31H,11,14-18H2,1-7H3;1-2H3/b25-23-,30-8-;. The Labute approximate surface area is 223 Å². The Morgan fingerprint density at radius 1 is 1.14 bits per heavy atom.